The van der Waals surface area contributed by atoms with Gasteiger partial charge in [0.2, 0.25) is 0 Å². The third kappa shape index (κ3) is 2.98. The summed E-state index contributed by atoms with van der Waals surface area (Å²) in [5, 5.41) is 0. The van der Waals surface area contributed by atoms with E-state index in [1.807, 2.05) is 0 Å². The fraction of sp³-hybridized carbons (Fsp3) is 0.667. The number of imidazole rings is 1. The fourth-order valence-electron chi connectivity index (χ4n) is 1.35. The Hall–Kier alpha value is -1.77. The molecule has 2 nitrogen and oxygen atoms in total. The average Bonchev–Trinajstić information content (AvgIpc) is 2.85. The molecule has 25 heavy (non-hydrogen) atoms. The van der Waals surface area contributed by atoms with E-state index in [-0.39, 0.29) is 0 Å². The average molecular weight is 405 g/mol. The molecule has 0 amide bonds. The molecular formula is C9H3F14N2+. The van der Waals surface area contributed by atoms with Crippen LogP contribution in [0.4, 0.5) is 61.5 Å². The Morgan fingerprint density at radius 2 is 1.00 bits per heavy atom. The summed E-state index contributed by atoms with van der Waals surface area (Å²) in [6.07, 6.45) is -16.2. The zero-order valence-electron chi connectivity index (χ0n) is 10.9. The van der Waals surface area contributed by atoms with E-state index in [1.165, 1.54) is 0 Å². The van der Waals surface area contributed by atoms with Crippen molar-refractivity contribution in [2.75, 3.05) is 0 Å². The normalized spacial score (nSPS) is 15.6. The van der Waals surface area contributed by atoms with Gasteiger partial charge in [-0.05, 0) is 0 Å². The molecule has 0 unspecified atom stereocenters. The highest BCUT2D eigenvalue weighted by Gasteiger charge is 2.79. The van der Waals surface area contributed by atoms with Gasteiger partial charge >= 0.3 is 36.3 Å². The zero-order valence-corrected chi connectivity index (χ0v) is 10.9. The minimum absolute atomic E-state index is 0.653. The van der Waals surface area contributed by atoms with Gasteiger partial charge < -0.3 is 0 Å². The molecule has 0 bridgehead atoms. The van der Waals surface area contributed by atoms with Gasteiger partial charge in [0.25, 0.3) is 6.33 Å². The molecule has 0 radical (unpaired) electrons. The highest BCUT2D eigenvalue weighted by molar-refractivity contribution is 4.91. The van der Waals surface area contributed by atoms with Crippen LogP contribution in [0.1, 0.15) is 0 Å². The van der Waals surface area contributed by atoms with E-state index >= 15 is 0 Å². The Labute approximate surface area is 127 Å². The van der Waals surface area contributed by atoms with Crippen molar-refractivity contribution in [2.45, 2.75) is 36.3 Å². The maximum atomic E-state index is 13.2. The van der Waals surface area contributed by atoms with Crippen molar-refractivity contribution in [3.05, 3.63) is 18.7 Å². The number of nitrogens with zero attached hydrogens (tertiary/aromatic N) is 2. The molecule has 1 heterocycles. The Kier molecular flexibility index (Phi) is 4.56. The number of alkyl halides is 14. The molecule has 1 rings (SSSR count). The summed E-state index contributed by atoms with van der Waals surface area (Å²) in [5.74, 6) is -13.7. The predicted molar refractivity (Wildman–Crippen MR) is 47.0 cm³/mol. The topological polar surface area (TPSA) is 8.81 Å². The number of rotatable bonds is 4. The summed E-state index contributed by atoms with van der Waals surface area (Å²) >= 11 is 0. The summed E-state index contributed by atoms with van der Waals surface area (Å²) in [7, 11) is 0. The largest absolute Gasteiger partial charge is 0.472 e. The maximum absolute atomic E-state index is 13.2. The Morgan fingerprint density at radius 3 is 1.36 bits per heavy atom. The number of aromatic nitrogens is 2. The molecule has 146 valence electrons. The van der Waals surface area contributed by atoms with E-state index in [0.717, 1.165) is 0 Å². The number of hydrogen-bond donors (Lipinski definition) is 0. The molecule has 0 aromatic carbocycles. The number of hydrogen-bond acceptors (Lipinski definition) is 0. The first-order valence-electron chi connectivity index (χ1n) is 5.46. The fourth-order valence-corrected chi connectivity index (χ4v) is 1.35. The molecule has 0 saturated heterocycles. The molecule has 0 aliphatic carbocycles. The van der Waals surface area contributed by atoms with Gasteiger partial charge in [0, 0.05) is 0 Å². The van der Waals surface area contributed by atoms with Gasteiger partial charge in [-0.2, -0.15) is 70.6 Å². The smallest absolute Gasteiger partial charge is 0.185 e. The first-order chi connectivity index (χ1) is 10.7. The standard InChI is InChI=1S/C9H3F14N2/c10-4(11,6(14,15)16)8(20,21)24-1-2-25(3-24)9(22,23)5(12,13)7(17,18)19/h1-3H/q+1. The summed E-state index contributed by atoms with van der Waals surface area (Å²) in [5.41, 5.74) is 0. The summed E-state index contributed by atoms with van der Waals surface area (Å²) in [4.78, 5) is 0. The van der Waals surface area contributed by atoms with Crippen LogP contribution < -0.4 is 4.57 Å². The van der Waals surface area contributed by atoms with E-state index < -0.39 is 64.1 Å². The first-order valence-corrected chi connectivity index (χ1v) is 5.46. The zero-order chi connectivity index (χ0) is 20.3. The SMILES string of the molecule is FC(F)(F)C(F)(F)C(F)(F)n1cc[n+](C(F)(F)C(F)(F)C(F)(F)F)c1. The van der Waals surface area contributed by atoms with Crippen LogP contribution in [0.2, 0.25) is 0 Å². The van der Waals surface area contributed by atoms with Crippen molar-refractivity contribution in [3.8, 4) is 0 Å². The van der Waals surface area contributed by atoms with Crippen LogP contribution in [-0.2, 0) is 12.1 Å². The van der Waals surface area contributed by atoms with Gasteiger partial charge in [0.1, 0.15) is 12.4 Å². The van der Waals surface area contributed by atoms with E-state index in [9.17, 15) is 61.5 Å². The predicted octanol–water partition coefficient (Wildman–Crippen LogP) is 4.27. The highest BCUT2D eigenvalue weighted by Crippen LogP contribution is 2.50. The quantitative estimate of drug-likeness (QED) is 0.523. The van der Waals surface area contributed by atoms with Crippen LogP contribution in [0, 0.1) is 0 Å². The third-order valence-electron chi connectivity index (χ3n) is 2.75. The first kappa shape index (κ1) is 21.3. The second-order valence-corrected chi connectivity index (χ2v) is 4.45. The molecule has 0 aliphatic rings. The van der Waals surface area contributed by atoms with Crippen LogP contribution >= 0.6 is 0 Å². The van der Waals surface area contributed by atoms with Crippen LogP contribution in [0.25, 0.3) is 0 Å². The molecule has 0 saturated carbocycles. The maximum Gasteiger partial charge on any atom is 0.472 e. The summed E-state index contributed by atoms with van der Waals surface area (Å²) in [6, 6.07) is -12.6. The molecule has 0 fully saturated rings. The van der Waals surface area contributed by atoms with Crippen molar-refractivity contribution < 1.29 is 66.0 Å². The van der Waals surface area contributed by atoms with Gasteiger partial charge in [0.15, 0.2) is 0 Å². The molecular weight excluding hydrogens is 402 g/mol. The number of halogens is 14. The van der Waals surface area contributed by atoms with E-state index in [4.69, 9.17) is 0 Å². The van der Waals surface area contributed by atoms with Gasteiger partial charge in [0.05, 0.1) is 0 Å². The van der Waals surface area contributed by atoms with E-state index in [0.29, 0.717) is 0 Å². The second-order valence-electron chi connectivity index (χ2n) is 4.45. The lowest BCUT2D eigenvalue weighted by Crippen LogP contribution is -2.65. The molecule has 1 aromatic heterocycles. The summed E-state index contributed by atoms with van der Waals surface area (Å²) in [6.45, 7) is 0. The van der Waals surface area contributed by atoms with Crippen molar-refractivity contribution in [1.82, 2.24) is 4.57 Å². The minimum atomic E-state index is -6.88. The minimum Gasteiger partial charge on any atom is -0.185 e. The molecule has 0 N–H and O–H groups in total. The van der Waals surface area contributed by atoms with Crippen LogP contribution in [0.5, 0.6) is 0 Å². The molecule has 16 heteroatoms. The molecule has 0 atom stereocenters. The van der Waals surface area contributed by atoms with Gasteiger partial charge in [-0.25, -0.2) is 0 Å². The van der Waals surface area contributed by atoms with Crippen LogP contribution in [0.15, 0.2) is 18.7 Å². The lowest BCUT2D eigenvalue weighted by molar-refractivity contribution is -0.850. The van der Waals surface area contributed by atoms with Crippen molar-refractivity contribution >= 4 is 0 Å². The van der Waals surface area contributed by atoms with Gasteiger partial charge in [-0.1, -0.05) is 0 Å². The van der Waals surface area contributed by atoms with Gasteiger partial charge in [-0.3, -0.25) is 0 Å². The van der Waals surface area contributed by atoms with Crippen molar-refractivity contribution in [2.24, 2.45) is 0 Å². The monoisotopic (exact) mass is 405 g/mol. The van der Waals surface area contributed by atoms with Crippen molar-refractivity contribution in [3.63, 3.8) is 0 Å². The van der Waals surface area contributed by atoms with Crippen LogP contribution in [0.3, 0.4) is 0 Å². The molecule has 1 aromatic rings. The van der Waals surface area contributed by atoms with Crippen LogP contribution in [-0.4, -0.2) is 28.8 Å². The Bertz CT molecular complexity index is 568. The Balaban J connectivity index is 3.41. The lowest BCUT2D eigenvalue weighted by atomic mass is 10.2. The second kappa shape index (κ2) is 5.36. The third-order valence-corrected chi connectivity index (χ3v) is 2.75. The molecule has 0 spiro atoms. The van der Waals surface area contributed by atoms with Gasteiger partial charge in [-0.15, -0.1) is 0 Å². The highest BCUT2D eigenvalue weighted by atomic mass is 19.4. The lowest BCUT2D eigenvalue weighted by Gasteiger charge is -2.26. The molecule has 0 aliphatic heterocycles. The van der Waals surface area contributed by atoms with E-state index in [1.54, 1.807) is 0 Å². The van der Waals surface area contributed by atoms with Crippen molar-refractivity contribution in [1.29, 1.82) is 0 Å². The Morgan fingerprint density at radius 1 is 0.600 bits per heavy atom. The summed E-state index contributed by atoms with van der Waals surface area (Å²) < 4.78 is 172. The van der Waals surface area contributed by atoms with E-state index in [2.05, 4.69) is 0 Å².